The Morgan fingerprint density at radius 3 is 1.28 bits per heavy atom. The Balaban J connectivity index is 1.19. The van der Waals surface area contributed by atoms with Crippen LogP contribution in [0.25, 0.3) is 21.5 Å². The predicted molar refractivity (Wildman–Crippen MR) is 179 cm³/mol. The Kier molecular flexibility index (Phi) is 10.0. The van der Waals surface area contributed by atoms with Crippen LogP contribution in [0, 0.1) is 11.8 Å². The van der Waals surface area contributed by atoms with Crippen LogP contribution in [0.4, 0.5) is 0 Å². The van der Waals surface area contributed by atoms with Crippen molar-refractivity contribution < 1.29 is 28.7 Å². The number of carbonyl (C=O) groups is 4. The molecule has 0 saturated heterocycles. The van der Waals surface area contributed by atoms with E-state index < -0.39 is 24.1 Å². The molecule has 46 heavy (non-hydrogen) atoms. The minimum atomic E-state index is -0.956. The number of esters is 2. The van der Waals surface area contributed by atoms with Gasteiger partial charge in [-0.15, -0.1) is 0 Å². The predicted octanol–water partition coefficient (Wildman–Crippen LogP) is 8.60. The van der Waals surface area contributed by atoms with Gasteiger partial charge in [0, 0.05) is 35.1 Å². The minimum absolute atomic E-state index is 0.0986. The third kappa shape index (κ3) is 7.12. The van der Waals surface area contributed by atoms with E-state index in [2.05, 4.69) is 0 Å². The maximum atomic E-state index is 13.9. The third-order valence-corrected chi connectivity index (χ3v) is 9.62. The first-order valence-corrected chi connectivity index (χ1v) is 16.6. The normalized spacial score (nSPS) is 17.5. The number of carbonyl (C=O) groups excluding carboxylic acids is 4. The van der Waals surface area contributed by atoms with Crippen molar-refractivity contribution >= 4 is 45.0 Å². The Labute approximate surface area is 269 Å². The van der Waals surface area contributed by atoms with Gasteiger partial charge in [0.15, 0.2) is 12.2 Å². The van der Waals surface area contributed by atoms with Crippen LogP contribution in [-0.4, -0.2) is 35.7 Å². The molecule has 0 amide bonds. The smallest absolute Gasteiger partial charge is 0.331 e. The summed E-state index contributed by atoms with van der Waals surface area (Å²) < 4.78 is 11.7. The third-order valence-electron chi connectivity index (χ3n) is 9.62. The van der Waals surface area contributed by atoms with Crippen molar-refractivity contribution in [2.45, 2.75) is 76.4 Å². The molecule has 2 aliphatic rings. The van der Waals surface area contributed by atoms with Crippen molar-refractivity contribution in [2.75, 3.05) is 0 Å². The molecule has 0 spiro atoms. The number of ketones is 2. The highest BCUT2D eigenvalue weighted by Crippen LogP contribution is 2.33. The lowest BCUT2D eigenvalue weighted by molar-refractivity contribution is -0.146. The first-order valence-electron chi connectivity index (χ1n) is 16.6. The van der Waals surface area contributed by atoms with Crippen LogP contribution in [0.3, 0.4) is 0 Å². The van der Waals surface area contributed by atoms with Crippen LogP contribution in [0.5, 0.6) is 0 Å². The van der Waals surface area contributed by atoms with Gasteiger partial charge in [-0.05, 0) is 47.2 Å². The van der Waals surface area contributed by atoms with Gasteiger partial charge in [-0.3, -0.25) is 9.59 Å². The highest BCUT2D eigenvalue weighted by molar-refractivity contribution is 6.12. The number of rotatable bonds is 10. The summed E-state index contributed by atoms with van der Waals surface area (Å²) in [6, 6.07) is 26.5. The van der Waals surface area contributed by atoms with Crippen LogP contribution in [0.15, 0.2) is 97.1 Å². The molecule has 2 atom stereocenters. The lowest BCUT2D eigenvalue weighted by Gasteiger charge is -2.29. The lowest BCUT2D eigenvalue weighted by atomic mass is 9.82. The van der Waals surface area contributed by atoms with E-state index in [0.29, 0.717) is 11.1 Å². The number of hydrogen-bond acceptors (Lipinski definition) is 6. The summed E-state index contributed by atoms with van der Waals surface area (Å²) in [4.78, 5) is 54.2. The largest absolute Gasteiger partial charge is 0.450 e. The average Bonchev–Trinajstić information content (AvgIpc) is 3.11. The number of ether oxygens (including phenoxy) is 2. The molecule has 2 saturated carbocycles. The van der Waals surface area contributed by atoms with Gasteiger partial charge in [0.1, 0.15) is 0 Å². The summed E-state index contributed by atoms with van der Waals surface area (Å²) in [5.74, 6) is -2.22. The van der Waals surface area contributed by atoms with Gasteiger partial charge in [0.05, 0.1) is 0 Å². The van der Waals surface area contributed by atoms with E-state index in [9.17, 15) is 19.2 Å². The summed E-state index contributed by atoms with van der Waals surface area (Å²) in [5, 5.41) is 3.51. The van der Waals surface area contributed by atoms with Crippen molar-refractivity contribution in [1.29, 1.82) is 0 Å². The Hall–Kier alpha value is -4.58. The summed E-state index contributed by atoms with van der Waals surface area (Å²) in [6.45, 7) is 0. The van der Waals surface area contributed by atoms with Gasteiger partial charge in [0.25, 0.3) is 0 Å². The fraction of sp³-hybridized carbons (Fsp3) is 0.350. The second-order valence-corrected chi connectivity index (χ2v) is 12.6. The van der Waals surface area contributed by atoms with Gasteiger partial charge >= 0.3 is 11.9 Å². The van der Waals surface area contributed by atoms with E-state index in [1.54, 1.807) is 12.1 Å². The number of fused-ring (bicyclic) bond motifs is 2. The zero-order valence-corrected chi connectivity index (χ0v) is 26.1. The molecule has 6 nitrogen and oxygen atoms in total. The summed E-state index contributed by atoms with van der Waals surface area (Å²) in [5.41, 5.74) is 1.04. The Morgan fingerprint density at radius 2 is 0.870 bits per heavy atom. The first kappa shape index (κ1) is 31.4. The summed E-state index contributed by atoms with van der Waals surface area (Å²) in [6.07, 6.45) is 9.35. The Morgan fingerprint density at radius 1 is 0.500 bits per heavy atom. The molecule has 0 bridgehead atoms. The topological polar surface area (TPSA) is 86.7 Å². The fourth-order valence-corrected chi connectivity index (χ4v) is 7.25. The second kappa shape index (κ2) is 14.7. The zero-order valence-electron chi connectivity index (χ0n) is 26.1. The van der Waals surface area contributed by atoms with Crippen LogP contribution >= 0.6 is 0 Å². The molecule has 6 rings (SSSR count). The number of benzene rings is 4. The van der Waals surface area contributed by atoms with Crippen LogP contribution in [0.1, 0.15) is 84.9 Å². The van der Waals surface area contributed by atoms with Crippen LogP contribution in [0.2, 0.25) is 0 Å². The molecular weight excluding hydrogens is 576 g/mol. The molecule has 2 unspecified atom stereocenters. The summed E-state index contributed by atoms with van der Waals surface area (Å²) in [7, 11) is 0. The van der Waals surface area contributed by atoms with Crippen molar-refractivity contribution in [3.05, 3.63) is 108 Å². The van der Waals surface area contributed by atoms with E-state index in [1.807, 2.05) is 72.8 Å². The van der Waals surface area contributed by atoms with Crippen molar-refractivity contribution in [1.82, 2.24) is 0 Å². The maximum absolute atomic E-state index is 13.9. The Bertz CT molecular complexity index is 1620. The van der Waals surface area contributed by atoms with Crippen molar-refractivity contribution in [2.24, 2.45) is 11.8 Å². The van der Waals surface area contributed by atoms with E-state index in [-0.39, 0.29) is 23.4 Å². The monoisotopic (exact) mass is 616 g/mol. The van der Waals surface area contributed by atoms with Crippen molar-refractivity contribution in [3.63, 3.8) is 0 Å². The van der Waals surface area contributed by atoms with Gasteiger partial charge < -0.3 is 9.47 Å². The summed E-state index contributed by atoms with van der Waals surface area (Å²) >= 11 is 0. The van der Waals surface area contributed by atoms with E-state index in [4.69, 9.17) is 9.47 Å². The molecule has 0 radical (unpaired) electrons. The zero-order chi connectivity index (χ0) is 31.9. The van der Waals surface area contributed by atoms with E-state index >= 15 is 0 Å². The maximum Gasteiger partial charge on any atom is 0.331 e. The fourth-order valence-electron chi connectivity index (χ4n) is 7.25. The second-order valence-electron chi connectivity index (χ2n) is 12.6. The highest BCUT2D eigenvalue weighted by Gasteiger charge is 2.35. The molecular formula is C40H40O6. The standard InChI is InChI=1S/C40H40O6/c41-35(45-39(29-15-3-1-4-16-29)37(43)33-23-11-19-27-13-7-9-21-31(27)33)25-26-36(42)46-40(30-17-5-2-6-18-30)38(44)34-24-12-20-28-14-8-10-22-32(28)34/h7-14,19-26,29-30,39-40H,1-6,15-18H2/b26-25+. The number of Topliss-reactive ketones (excluding diaryl/α,β-unsaturated/α-hetero) is 2. The molecule has 2 fully saturated rings. The molecule has 236 valence electrons. The highest BCUT2D eigenvalue weighted by atomic mass is 16.6. The SMILES string of the molecule is O=C(/C=C/C(=O)OC(C(=O)c1cccc2ccccc12)C1CCCCC1)OC(C(=O)c1cccc2ccccc12)C1CCCCC1. The molecule has 4 aromatic rings. The number of hydrogen-bond donors (Lipinski definition) is 0. The lowest BCUT2D eigenvalue weighted by Crippen LogP contribution is -2.36. The average molecular weight is 617 g/mol. The molecule has 4 aromatic carbocycles. The van der Waals surface area contributed by atoms with Crippen molar-refractivity contribution in [3.8, 4) is 0 Å². The van der Waals surface area contributed by atoms with Gasteiger partial charge in [-0.25, -0.2) is 9.59 Å². The molecule has 0 heterocycles. The van der Waals surface area contributed by atoms with Crippen LogP contribution in [-0.2, 0) is 19.1 Å². The minimum Gasteiger partial charge on any atom is -0.450 e. The molecule has 6 heteroatoms. The van der Waals surface area contributed by atoms with E-state index in [0.717, 1.165) is 97.9 Å². The van der Waals surface area contributed by atoms with Gasteiger partial charge in [-0.2, -0.15) is 0 Å². The first-order chi connectivity index (χ1) is 22.5. The molecule has 0 aromatic heterocycles. The quantitative estimate of drug-likeness (QED) is 0.101. The molecule has 0 aliphatic heterocycles. The van der Waals surface area contributed by atoms with Gasteiger partial charge in [-0.1, -0.05) is 123 Å². The molecule has 2 aliphatic carbocycles. The van der Waals surface area contributed by atoms with Crippen LogP contribution < -0.4 is 0 Å². The molecule has 0 N–H and O–H groups in total. The van der Waals surface area contributed by atoms with E-state index in [1.165, 1.54) is 0 Å². The van der Waals surface area contributed by atoms with Gasteiger partial charge in [0.2, 0.25) is 11.6 Å².